The van der Waals surface area contributed by atoms with Gasteiger partial charge in [-0.2, -0.15) is 0 Å². The summed E-state index contributed by atoms with van der Waals surface area (Å²) < 4.78 is 18.1. The molecule has 0 saturated carbocycles. The van der Waals surface area contributed by atoms with E-state index in [-0.39, 0.29) is 11.7 Å². The monoisotopic (exact) mass is 418 g/mol. The minimum absolute atomic E-state index is 0.254. The molecule has 0 atom stereocenters. The maximum atomic E-state index is 12.9. The molecule has 1 heterocycles. The second-order valence-corrected chi connectivity index (χ2v) is 8.00. The molecule has 0 unspecified atom stereocenters. The summed E-state index contributed by atoms with van der Waals surface area (Å²) in [5.74, 6) is -1.57. The summed E-state index contributed by atoms with van der Waals surface area (Å²) >= 11 is 1.41. The third-order valence-electron chi connectivity index (χ3n) is 4.65. The highest BCUT2D eigenvalue weighted by Gasteiger charge is 2.27. The summed E-state index contributed by atoms with van der Waals surface area (Å²) in [4.78, 5) is 37.2. The van der Waals surface area contributed by atoms with Crippen LogP contribution in [0.5, 0.6) is 0 Å². The van der Waals surface area contributed by atoms with Crippen LogP contribution < -0.4 is 10.6 Å². The van der Waals surface area contributed by atoms with Gasteiger partial charge in [0.05, 0.1) is 5.56 Å². The summed E-state index contributed by atoms with van der Waals surface area (Å²) in [6, 6.07) is 6.05. The first kappa shape index (κ1) is 21.0. The number of rotatable bonds is 7. The lowest BCUT2D eigenvalue weighted by Crippen LogP contribution is -2.30. The van der Waals surface area contributed by atoms with E-state index in [4.69, 9.17) is 4.74 Å². The molecule has 1 aliphatic carbocycles. The number of amides is 2. The molecule has 29 heavy (non-hydrogen) atoms. The number of anilines is 1. The number of esters is 1. The van der Waals surface area contributed by atoms with E-state index < -0.39 is 18.5 Å². The van der Waals surface area contributed by atoms with E-state index in [1.165, 1.54) is 30.4 Å². The standard InChI is InChI=1S/C21H23FN2O4S/c1-13(25)24-20-19(16-4-2-3-5-17(16)29-20)21(27)28-12-18(26)23-11-10-14-6-8-15(22)9-7-14/h6-9H,2-5,10-12H2,1H3,(H,23,26)(H,24,25). The Morgan fingerprint density at radius 3 is 2.59 bits per heavy atom. The Kier molecular flexibility index (Phi) is 6.98. The van der Waals surface area contributed by atoms with Gasteiger partial charge in [0.25, 0.3) is 5.91 Å². The van der Waals surface area contributed by atoms with Gasteiger partial charge in [0, 0.05) is 18.3 Å². The topological polar surface area (TPSA) is 84.5 Å². The summed E-state index contributed by atoms with van der Waals surface area (Å²) in [6.45, 7) is 1.35. The fourth-order valence-electron chi connectivity index (χ4n) is 3.28. The van der Waals surface area contributed by atoms with Crippen LogP contribution in [0.25, 0.3) is 0 Å². The average molecular weight is 418 g/mol. The van der Waals surface area contributed by atoms with Gasteiger partial charge in [0.15, 0.2) is 6.61 Å². The van der Waals surface area contributed by atoms with Crippen LogP contribution in [0.4, 0.5) is 9.39 Å². The second kappa shape index (κ2) is 9.65. The number of halogens is 1. The van der Waals surface area contributed by atoms with E-state index in [2.05, 4.69) is 10.6 Å². The van der Waals surface area contributed by atoms with Gasteiger partial charge < -0.3 is 15.4 Å². The smallest absolute Gasteiger partial charge is 0.341 e. The molecular weight excluding hydrogens is 395 g/mol. The number of hydrogen-bond donors (Lipinski definition) is 2. The van der Waals surface area contributed by atoms with E-state index in [1.54, 1.807) is 12.1 Å². The molecule has 0 saturated heterocycles. The fraction of sp³-hybridized carbons (Fsp3) is 0.381. The highest BCUT2D eigenvalue weighted by molar-refractivity contribution is 7.17. The zero-order valence-corrected chi connectivity index (χ0v) is 17.0. The summed E-state index contributed by atoms with van der Waals surface area (Å²) in [5.41, 5.74) is 2.19. The molecular formula is C21H23FN2O4S. The molecule has 1 aromatic heterocycles. The van der Waals surface area contributed by atoms with Crippen molar-refractivity contribution in [3.63, 3.8) is 0 Å². The van der Waals surface area contributed by atoms with Crippen LogP contribution in [0, 0.1) is 5.82 Å². The third kappa shape index (κ3) is 5.63. The maximum absolute atomic E-state index is 12.9. The van der Waals surface area contributed by atoms with Crippen molar-refractivity contribution in [2.24, 2.45) is 0 Å². The number of carbonyl (C=O) groups is 3. The van der Waals surface area contributed by atoms with E-state index in [9.17, 15) is 18.8 Å². The highest BCUT2D eigenvalue weighted by atomic mass is 32.1. The van der Waals surface area contributed by atoms with Gasteiger partial charge in [-0.05, 0) is 55.4 Å². The van der Waals surface area contributed by atoms with Gasteiger partial charge in [-0.15, -0.1) is 11.3 Å². The van der Waals surface area contributed by atoms with Crippen molar-refractivity contribution < 1.29 is 23.5 Å². The first-order valence-electron chi connectivity index (χ1n) is 9.54. The molecule has 0 bridgehead atoms. The number of benzene rings is 1. The Morgan fingerprint density at radius 1 is 1.14 bits per heavy atom. The van der Waals surface area contributed by atoms with Crippen molar-refractivity contribution in [3.05, 3.63) is 51.7 Å². The van der Waals surface area contributed by atoms with Crippen molar-refractivity contribution in [2.45, 2.75) is 39.0 Å². The lowest BCUT2D eigenvalue weighted by atomic mass is 9.95. The zero-order valence-electron chi connectivity index (χ0n) is 16.2. The largest absolute Gasteiger partial charge is 0.452 e. The SMILES string of the molecule is CC(=O)Nc1sc2c(c1C(=O)OCC(=O)NCCc1ccc(F)cc1)CCCC2. The van der Waals surface area contributed by atoms with Crippen molar-refractivity contribution in [2.75, 3.05) is 18.5 Å². The Morgan fingerprint density at radius 2 is 1.86 bits per heavy atom. The molecule has 154 valence electrons. The number of nitrogens with one attached hydrogen (secondary N) is 2. The van der Waals surface area contributed by atoms with Gasteiger partial charge in [-0.1, -0.05) is 12.1 Å². The Balaban J connectivity index is 1.54. The summed E-state index contributed by atoms with van der Waals surface area (Å²) in [7, 11) is 0. The molecule has 1 aliphatic rings. The molecule has 2 N–H and O–H groups in total. The van der Waals surface area contributed by atoms with Crippen LogP contribution in [-0.2, 0) is 33.6 Å². The van der Waals surface area contributed by atoms with Gasteiger partial charge in [0.1, 0.15) is 10.8 Å². The van der Waals surface area contributed by atoms with E-state index >= 15 is 0 Å². The molecule has 0 aliphatic heterocycles. The van der Waals surface area contributed by atoms with E-state index in [0.717, 1.165) is 41.7 Å². The molecule has 3 rings (SSSR count). The van der Waals surface area contributed by atoms with E-state index in [0.29, 0.717) is 23.5 Å². The molecule has 2 amide bonds. The van der Waals surface area contributed by atoms with Crippen LogP contribution in [0.2, 0.25) is 0 Å². The lowest BCUT2D eigenvalue weighted by Gasteiger charge is -2.13. The van der Waals surface area contributed by atoms with Crippen LogP contribution in [0.3, 0.4) is 0 Å². The predicted octanol–water partition coefficient (Wildman–Crippen LogP) is 3.24. The van der Waals surface area contributed by atoms with Gasteiger partial charge in [0.2, 0.25) is 5.91 Å². The maximum Gasteiger partial charge on any atom is 0.341 e. The summed E-state index contributed by atoms with van der Waals surface area (Å²) in [6.07, 6.45) is 4.22. The first-order chi connectivity index (χ1) is 13.9. The normalized spacial score (nSPS) is 12.8. The van der Waals surface area contributed by atoms with Gasteiger partial charge in [-0.25, -0.2) is 9.18 Å². The van der Waals surface area contributed by atoms with Gasteiger partial charge in [-0.3, -0.25) is 9.59 Å². The number of hydrogen-bond acceptors (Lipinski definition) is 5. The highest BCUT2D eigenvalue weighted by Crippen LogP contribution is 2.38. The zero-order chi connectivity index (χ0) is 20.8. The lowest BCUT2D eigenvalue weighted by molar-refractivity contribution is -0.124. The first-order valence-corrected chi connectivity index (χ1v) is 10.4. The molecule has 0 radical (unpaired) electrons. The fourth-order valence-corrected chi connectivity index (χ4v) is 4.60. The number of ether oxygens (including phenoxy) is 1. The van der Waals surface area contributed by atoms with Crippen molar-refractivity contribution in [1.82, 2.24) is 5.32 Å². The number of carbonyl (C=O) groups excluding carboxylic acids is 3. The van der Waals surface area contributed by atoms with Crippen molar-refractivity contribution in [1.29, 1.82) is 0 Å². The average Bonchev–Trinajstić information content (AvgIpc) is 3.04. The van der Waals surface area contributed by atoms with Crippen LogP contribution >= 0.6 is 11.3 Å². The van der Waals surface area contributed by atoms with Crippen LogP contribution in [0.15, 0.2) is 24.3 Å². The molecule has 6 nitrogen and oxygen atoms in total. The number of fused-ring (bicyclic) bond motifs is 1. The predicted molar refractivity (Wildman–Crippen MR) is 109 cm³/mol. The quantitative estimate of drug-likeness (QED) is 0.676. The molecule has 8 heteroatoms. The summed E-state index contributed by atoms with van der Waals surface area (Å²) in [5, 5.41) is 5.88. The minimum Gasteiger partial charge on any atom is -0.452 e. The number of thiophene rings is 1. The van der Waals surface area contributed by atoms with E-state index in [1.807, 2.05) is 0 Å². The van der Waals surface area contributed by atoms with Crippen LogP contribution in [0.1, 0.15) is 46.1 Å². The third-order valence-corrected chi connectivity index (χ3v) is 5.86. The number of aryl methyl sites for hydroxylation is 1. The minimum atomic E-state index is -0.596. The molecule has 2 aromatic rings. The van der Waals surface area contributed by atoms with Crippen molar-refractivity contribution >= 4 is 34.1 Å². The second-order valence-electron chi connectivity index (χ2n) is 6.90. The Bertz CT molecular complexity index is 908. The Labute approximate surface area is 172 Å². The Hall–Kier alpha value is -2.74. The molecule has 0 fully saturated rings. The molecule has 0 spiro atoms. The van der Waals surface area contributed by atoms with Crippen molar-refractivity contribution in [3.8, 4) is 0 Å². The van der Waals surface area contributed by atoms with Gasteiger partial charge >= 0.3 is 5.97 Å². The van der Waals surface area contributed by atoms with Crippen LogP contribution in [-0.4, -0.2) is 30.9 Å². The molecule has 1 aromatic carbocycles.